The number of nitrogens with zero attached hydrogens (tertiary/aromatic N) is 5. The molecular weight excluding hydrogens is 344 g/mol. The number of ether oxygens (including phenoxy) is 1. The number of imidazole rings is 1. The number of aromatic nitrogens is 4. The van der Waals surface area contributed by atoms with Crippen LogP contribution in [0.25, 0.3) is 11.2 Å². The molecule has 8 nitrogen and oxygen atoms in total. The summed E-state index contributed by atoms with van der Waals surface area (Å²) in [6.45, 7) is 8.15. The van der Waals surface area contributed by atoms with Crippen LogP contribution in [0.5, 0.6) is 11.8 Å². The summed E-state index contributed by atoms with van der Waals surface area (Å²) >= 11 is 0. The summed E-state index contributed by atoms with van der Waals surface area (Å²) in [5.74, 6) is 1.48. The fourth-order valence-electron chi connectivity index (χ4n) is 3.40. The molecule has 27 heavy (non-hydrogen) atoms. The Hall–Kier alpha value is -2.87. The zero-order valence-corrected chi connectivity index (χ0v) is 15.9. The standard InChI is InChI=1S/C19H24N6O2/c1-4-25-15-16(21-18(25)24-11-9-20-10-12-24)22-19(23(3)17(15)26)27-14-8-6-5-7-13(14)2/h5-8,20H,4,9-12H2,1-3H3. The number of fused-ring (bicyclic) bond motifs is 1. The van der Waals surface area contributed by atoms with Crippen LogP contribution >= 0.6 is 0 Å². The quantitative estimate of drug-likeness (QED) is 0.755. The van der Waals surface area contributed by atoms with Gasteiger partial charge in [0.15, 0.2) is 11.2 Å². The molecule has 8 heteroatoms. The van der Waals surface area contributed by atoms with Gasteiger partial charge >= 0.3 is 6.01 Å². The van der Waals surface area contributed by atoms with Crippen LogP contribution in [0.2, 0.25) is 0 Å². The molecule has 3 aromatic rings. The first-order valence-corrected chi connectivity index (χ1v) is 9.26. The average Bonchev–Trinajstić information content (AvgIpc) is 3.07. The van der Waals surface area contributed by atoms with Crippen molar-refractivity contribution in [1.29, 1.82) is 0 Å². The smallest absolute Gasteiger partial charge is 0.306 e. The maximum atomic E-state index is 13.1. The van der Waals surface area contributed by atoms with E-state index in [4.69, 9.17) is 9.72 Å². The van der Waals surface area contributed by atoms with E-state index in [0.29, 0.717) is 23.5 Å². The summed E-state index contributed by atoms with van der Waals surface area (Å²) in [6.07, 6.45) is 0. The maximum Gasteiger partial charge on any atom is 0.306 e. The van der Waals surface area contributed by atoms with Crippen molar-refractivity contribution in [2.45, 2.75) is 20.4 Å². The van der Waals surface area contributed by atoms with Gasteiger partial charge in [-0.2, -0.15) is 9.97 Å². The summed E-state index contributed by atoms with van der Waals surface area (Å²) in [4.78, 5) is 24.5. The predicted octanol–water partition coefficient (Wildman–Crippen LogP) is 1.66. The SMILES string of the molecule is CCn1c(N2CCNCC2)nc2nc(Oc3ccccc3C)n(C)c(=O)c21. The number of nitrogens with one attached hydrogen (secondary N) is 1. The van der Waals surface area contributed by atoms with Gasteiger partial charge in [0.25, 0.3) is 5.56 Å². The average molecular weight is 368 g/mol. The number of rotatable bonds is 4. The lowest BCUT2D eigenvalue weighted by atomic mass is 10.2. The second-order valence-electron chi connectivity index (χ2n) is 6.69. The molecule has 0 aliphatic carbocycles. The molecule has 2 aromatic heterocycles. The summed E-state index contributed by atoms with van der Waals surface area (Å²) in [5, 5.41) is 3.34. The van der Waals surface area contributed by atoms with E-state index in [1.165, 1.54) is 4.57 Å². The van der Waals surface area contributed by atoms with Crippen LogP contribution in [-0.2, 0) is 13.6 Å². The van der Waals surface area contributed by atoms with E-state index in [1.807, 2.05) is 42.7 Å². The summed E-state index contributed by atoms with van der Waals surface area (Å²) in [7, 11) is 1.68. The Morgan fingerprint density at radius 1 is 1.19 bits per heavy atom. The molecule has 0 radical (unpaired) electrons. The van der Waals surface area contributed by atoms with Gasteiger partial charge in [-0.25, -0.2) is 0 Å². The molecule has 1 aliphatic heterocycles. The molecule has 1 saturated heterocycles. The molecule has 142 valence electrons. The largest absolute Gasteiger partial charge is 0.425 e. The van der Waals surface area contributed by atoms with Crippen LogP contribution in [0.1, 0.15) is 12.5 Å². The zero-order valence-electron chi connectivity index (χ0n) is 15.9. The lowest BCUT2D eigenvalue weighted by molar-refractivity contribution is 0.412. The molecule has 0 amide bonds. The van der Waals surface area contributed by atoms with Gasteiger partial charge in [-0.05, 0) is 25.5 Å². The summed E-state index contributed by atoms with van der Waals surface area (Å²) in [6, 6.07) is 7.91. The third-order valence-electron chi connectivity index (χ3n) is 4.94. The van der Waals surface area contributed by atoms with Gasteiger partial charge in [0.05, 0.1) is 0 Å². The number of benzene rings is 1. The number of piperazine rings is 1. The van der Waals surface area contributed by atoms with Gasteiger partial charge in [-0.3, -0.25) is 9.36 Å². The molecule has 0 spiro atoms. The highest BCUT2D eigenvalue weighted by atomic mass is 16.5. The van der Waals surface area contributed by atoms with Crippen LogP contribution in [0.3, 0.4) is 0 Å². The number of para-hydroxylation sites is 1. The molecule has 0 atom stereocenters. The Morgan fingerprint density at radius 3 is 2.63 bits per heavy atom. The Balaban J connectivity index is 1.83. The molecule has 1 N–H and O–H groups in total. The van der Waals surface area contributed by atoms with Crippen molar-refractivity contribution in [2.24, 2.45) is 7.05 Å². The van der Waals surface area contributed by atoms with Crippen molar-refractivity contribution in [2.75, 3.05) is 31.1 Å². The minimum Gasteiger partial charge on any atom is -0.425 e. The molecule has 0 bridgehead atoms. The van der Waals surface area contributed by atoms with Crippen molar-refractivity contribution in [3.63, 3.8) is 0 Å². The summed E-state index contributed by atoms with van der Waals surface area (Å²) < 4.78 is 9.34. The Morgan fingerprint density at radius 2 is 1.93 bits per heavy atom. The minimum absolute atomic E-state index is 0.153. The highest BCUT2D eigenvalue weighted by Gasteiger charge is 2.23. The van der Waals surface area contributed by atoms with Crippen LogP contribution in [0.4, 0.5) is 5.95 Å². The fraction of sp³-hybridized carbons (Fsp3) is 0.421. The Kier molecular flexibility index (Phi) is 4.57. The van der Waals surface area contributed by atoms with Crippen molar-refractivity contribution >= 4 is 17.1 Å². The van der Waals surface area contributed by atoms with Crippen molar-refractivity contribution < 1.29 is 4.74 Å². The monoisotopic (exact) mass is 368 g/mol. The van der Waals surface area contributed by atoms with Gasteiger partial charge in [0, 0.05) is 39.8 Å². The molecule has 1 aromatic carbocycles. The molecule has 1 aliphatic rings. The Labute approximate surface area is 157 Å². The van der Waals surface area contributed by atoms with E-state index in [9.17, 15) is 4.79 Å². The van der Waals surface area contributed by atoms with Crippen molar-refractivity contribution in [1.82, 2.24) is 24.4 Å². The van der Waals surface area contributed by atoms with Gasteiger partial charge in [0.1, 0.15) is 5.75 Å². The highest BCUT2D eigenvalue weighted by molar-refractivity contribution is 5.74. The minimum atomic E-state index is -0.153. The van der Waals surface area contributed by atoms with Gasteiger partial charge < -0.3 is 19.5 Å². The van der Waals surface area contributed by atoms with Gasteiger partial charge in [-0.1, -0.05) is 18.2 Å². The topological polar surface area (TPSA) is 77.2 Å². The van der Waals surface area contributed by atoms with E-state index in [-0.39, 0.29) is 11.6 Å². The molecule has 3 heterocycles. The van der Waals surface area contributed by atoms with Crippen molar-refractivity contribution in [3.8, 4) is 11.8 Å². The third-order valence-corrected chi connectivity index (χ3v) is 4.94. The van der Waals surface area contributed by atoms with E-state index in [1.54, 1.807) is 7.05 Å². The normalized spacial score (nSPS) is 14.7. The Bertz CT molecular complexity index is 1030. The van der Waals surface area contributed by atoms with E-state index in [2.05, 4.69) is 15.2 Å². The molecule has 0 saturated carbocycles. The number of hydrogen-bond acceptors (Lipinski definition) is 6. The number of aryl methyl sites for hydroxylation is 2. The van der Waals surface area contributed by atoms with Crippen LogP contribution in [-0.4, -0.2) is 45.3 Å². The van der Waals surface area contributed by atoms with E-state index < -0.39 is 0 Å². The highest BCUT2D eigenvalue weighted by Crippen LogP contribution is 2.25. The fourth-order valence-corrected chi connectivity index (χ4v) is 3.40. The van der Waals surface area contributed by atoms with Crippen molar-refractivity contribution in [3.05, 3.63) is 40.2 Å². The maximum absolute atomic E-state index is 13.1. The third kappa shape index (κ3) is 3.06. The lowest BCUT2D eigenvalue weighted by Gasteiger charge is -2.28. The zero-order chi connectivity index (χ0) is 19.0. The second-order valence-corrected chi connectivity index (χ2v) is 6.69. The second kappa shape index (κ2) is 7.03. The first-order chi connectivity index (χ1) is 13.1. The van der Waals surface area contributed by atoms with E-state index in [0.717, 1.165) is 37.7 Å². The molecule has 1 fully saturated rings. The molecular formula is C19H24N6O2. The number of anilines is 1. The predicted molar refractivity (Wildman–Crippen MR) is 105 cm³/mol. The van der Waals surface area contributed by atoms with Gasteiger partial charge in [0.2, 0.25) is 5.95 Å². The molecule has 4 rings (SSSR count). The summed E-state index contributed by atoms with van der Waals surface area (Å²) in [5.41, 5.74) is 1.77. The number of hydrogen-bond donors (Lipinski definition) is 1. The van der Waals surface area contributed by atoms with Gasteiger partial charge in [-0.15, -0.1) is 0 Å². The first-order valence-electron chi connectivity index (χ1n) is 9.26. The lowest BCUT2D eigenvalue weighted by Crippen LogP contribution is -2.44. The molecule has 0 unspecified atom stereocenters. The van der Waals surface area contributed by atoms with Crippen LogP contribution in [0, 0.1) is 6.92 Å². The van der Waals surface area contributed by atoms with E-state index >= 15 is 0 Å². The first kappa shape index (κ1) is 17.5. The van der Waals surface area contributed by atoms with Crippen LogP contribution in [0.15, 0.2) is 29.1 Å². The van der Waals surface area contributed by atoms with Crippen LogP contribution < -0.4 is 20.5 Å².